The summed E-state index contributed by atoms with van der Waals surface area (Å²) in [7, 11) is 3.94. The van der Waals surface area contributed by atoms with E-state index in [4.69, 9.17) is 4.42 Å². The molecule has 7 heteroatoms. The number of aromatic amines is 1. The van der Waals surface area contributed by atoms with Crippen molar-refractivity contribution in [2.24, 2.45) is 5.92 Å². The molecule has 1 aliphatic rings. The van der Waals surface area contributed by atoms with E-state index in [1.165, 1.54) is 12.5 Å². The van der Waals surface area contributed by atoms with Crippen molar-refractivity contribution < 1.29 is 13.6 Å². The van der Waals surface area contributed by atoms with Gasteiger partial charge in [-0.1, -0.05) is 12.1 Å². The highest BCUT2D eigenvalue weighted by Crippen LogP contribution is 2.32. The monoisotopic (exact) mass is 446 g/mol. The number of nitrogens with one attached hydrogen (secondary N) is 1. The maximum absolute atomic E-state index is 13.8. The summed E-state index contributed by atoms with van der Waals surface area (Å²) in [5, 5.41) is 0.858. The molecule has 5 rings (SSSR count). The second-order valence-electron chi connectivity index (χ2n) is 8.92. The summed E-state index contributed by atoms with van der Waals surface area (Å²) in [6.45, 7) is 1.22. The van der Waals surface area contributed by atoms with Gasteiger partial charge in [-0.25, -0.2) is 9.37 Å². The van der Waals surface area contributed by atoms with Crippen LogP contribution >= 0.6 is 0 Å². The molecular formula is C26H27FN4O2. The summed E-state index contributed by atoms with van der Waals surface area (Å²) in [6, 6.07) is 12.6. The number of carbonyl (C=O) groups excluding carboxylic acids is 1. The van der Waals surface area contributed by atoms with E-state index in [1.807, 2.05) is 54.4 Å². The van der Waals surface area contributed by atoms with Gasteiger partial charge in [0.2, 0.25) is 0 Å². The van der Waals surface area contributed by atoms with Crippen LogP contribution in [0.3, 0.4) is 0 Å². The van der Waals surface area contributed by atoms with E-state index in [9.17, 15) is 9.18 Å². The number of H-pyrrole nitrogens is 1. The smallest absolute Gasteiger partial charge is 0.276 e. The van der Waals surface area contributed by atoms with Crippen LogP contribution in [0.4, 0.5) is 10.1 Å². The predicted molar refractivity (Wildman–Crippen MR) is 127 cm³/mol. The van der Waals surface area contributed by atoms with Crippen LogP contribution in [0.25, 0.3) is 22.2 Å². The number of halogens is 1. The molecule has 6 nitrogen and oxygen atoms in total. The number of aromatic nitrogens is 2. The van der Waals surface area contributed by atoms with E-state index < -0.39 is 0 Å². The lowest BCUT2D eigenvalue weighted by atomic mass is 10.1. The SMILES string of the molecule is CN(C)c1cccc(-c2ocnc2C(=O)N(CCc2c[nH]c3ccc(F)cc23)CC2CC2)c1. The molecule has 0 saturated heterocycles. The minimum Gasteiger partial charge on any atom is -0.443 e. The molecule has 1 saturated carbocycles. The molecule has 0 radical (unpaired) electrons. The summed E-state index contributed by atoms with van der Waals surface area (Å²) in [5.74, 6) is 0.619. The lowest BCUT2D eigenvalue weighted by Gasteiger charge is -2.22. The third-order valence-corrected chi connectivity index (χ3v) is 6.24. The summed E-state index contributed by atoms with van der Waals surface area (Å²) >= 11 is 0. The second kappa shape index (κ2) is 8.73. The van der Waals surface area contributed by atoms with Crippen LogP contribution in [0.2, 0.25) is 0 Å². The molecule has 0 aliphatic heterocycles. The summed E-state index contributed by atoms with van der Waals surface area (Å²) in [5.41, 5.74) is 4.06. The van der Waals surface area contributed by atoms with Gasteiger partial charge in [0.1, 0.15) is 5.82 Å². The van der Waals surface area contributed by atoms with E-state index in [0.717, 1.165) is 40.6 Å². The van der Waals surface area contributed by atoms with Crippen LogP contribution in [0.15, 0.2) is 59.5 Å². The summed E-state index contributed by atoms with van der Waals surface area (Å²) in [6.07, 6.45) is 6.14. The molecule has 1 aliphatic carbocycles. The summed E-state index contributed by atoms with van der Waals surface area (Å²) < 4.78 is 19.4. The zero-order valence-corrected chi connectivity index (χ0v) is 18.8. The lowest BCUT2D eigenvalue weighted by Crippen LogP contribution is -2.35. The second-order valence-corrected chi connectivity index (χ2v) is 8.92. The zero-order chi connectivity index (χ0) is 22.9. The number of hydrogen-bond acceptors (Lipinski definition) is 4. The van der Waals surface area contributed by atoms with Crippen molar-refractivity contribution in [2.45, 2.75) is 19.3 Å². The van der Waals surface area contributed by atoms with E-state index in [2.05, 4.69) is 9.97 Å². The molecule has 4 aromatic rings. The van der Waals surface area contributed by atoms with Crippen molar-refractivity contribution >= 4 is 22.5 Å². The first kappa shape index (κ1) is 21.2. The Bertz CT molecular complexity index is 1290. The predicted octanol–water partition coefficient (Wildman–Crippen LogP) is 5.12. The zero-order valence-electron chi connectivity index (χ0n) is 18.8. The van der Waals surface area contributed by atoms with Crippen LogP contribution < -0.4 is 4.90 Å². The number of anilines is 1. The van der Waals surface area contributed by atoms with E-state index in [0.29, 0.717) is 36.9 Å². The Morgan fingerprint density at radius 3 is 2.85 bits per heavy atom. The quantitative estimate of drug-likeness (QED) is 0.408. The average molecular weight is 447 g/mol. The lowest BCUT2D eigenvalue weighted by molar-refractivity contribution is 0.0744. The average Bonchev–Trinajstić information content (AvgIpc) is 3.34. The Hall–Kier alpha value is -3.61. The Balaban J connectivity index is 1.40. The Labute approximate surface area is 192 Å². The first-order chi connectivity index (χ1) is 16.0. The van der Waals surface area contributed by atoms with Crippen LogP contribution in [-0.2, 0) is 6.42 Å². The standard InChI is InChI=1S/C26H27FN4O2/c1-30(2)21-5-3-4-18(12-21)25-24(29-16-33-25)26(32)31(15-17-6-7-17)11-10-19-14-28-23-9-8-20(27)13-22(19)23/h3-5,8-9,12-14,16-17,28H,6-7,10-11,15H2,1-2H3. The maximum atomic E-state index is 13.8. The third kappa shape index (κ3) is 4.49. The molecule has 1 N–H and O–H groups in total. The minimum absolute atomic E-state index is 0.132. The largest absolute Gasteiger partial charge is 0.443 e. The van der Waals surface area contributed by atoms with Crippen LogP contribution in [0, 0.1) is 11.7 Å². The number of benzene rings is 2. The van der Waals surface area contributed by atoms with Gasteiger partial charge in [-0.3, -0.25) is 4.79 Å². The molecule has 2 heterocycles. The van der Waals surface area contributed by atoms with Crippen molar-refractivity contribution in [3.8, 4) is 11.3 Å². The Kier molecular flexibility index (Phi) is 5.62. The van der Waals surface area contributed by atoms with Gasteiger partial charge >= 0.3 is 0 Å². The van der Waals surface area contributed by atoms with Gasteiger partial charge in [0.05, 0.1) is 0 Å². The van der Waals surface area contributed by atoms with Gasteiger partial charge in [-0.2, -0.15) is 0 Å². The van der Waals surface area contributed by atoms with E-state index in [1.54, 1.807) is 12.1 Å². The third-order valence-electron chi connectivity index (χ3n) is 6.24. The van der Waals surface area contributed by atoms with Crippen LogP contribution in [0.5, 0.6) is 0 Å². The number of hydrogen-bond donors (Lipinski definition) is 1. The normalized spacial score (nSPS) is 13.4. The molecule has 2 aromatic heterocycles. The highest BCUT2D eigenvalue weighted by Gasteiger charge is 2.30. The first-order valence-electron chi connectivity index (χ1n) is 11.3. The van der Waals surface area contributed by atoms with Crippen molar-refractivity contribution in [1.82, 2.24) is 14.9 Å². The topological polar surface area (TPSA) is 65.4 Å². The fraction of sp³-hybridized carbons (Fsp3) is 0.308. The molecule has 0 spiro atoms. The summed E-state index contributed by atoms with van der Waals surface area (Å²) in [4.78, 5) is 24.9. The highest BCUT2D eigenvalue weighted by molar-refractivity contribution is 5.98. The van der Waals surface area contributed by atoms with Crippen molar-refractivity contribution in [3.63, 3.8) is 0 Å². The van der Waals surface area contributed by atoms with Gasteiger partial charge in [0, 0.05) is 55.5 Å². The molecule has 1 amide bonds. The minimum atomic E-state index is -0.263. The van der Waals surface area contributed by atoms with Gasteiger partial charge in [-0.05, 0) is 61.1 Å². The number of carbonyl (C=O) groups is 1. The molecule has 170 valence electrons. The fourth-order valence-electron chi connectivity index (χ4n) is 4.18. The molecular weight excluding hydrogens is 419 g/mol. The molecule has 2 aromatic carbocycles. The van der Waals surface area contributed by atoms with Gasteiger partial charge in [0.25, 0.3) is 5.91 Å². The molecule has 0 atom stereocenters. The molecule has 0 unspecified atom stereocenters. The molecule has 33 heavy (non-hydrogen) atoms. The fourth-order valence-corrected chi connectivity index (χ4v) is 4.18. The highest BCUT2D eigenvalue weighted by atomic mass is 19.1. The van der Waals surface area contributed by atoms with Crippen molar-refractivity contribution in [3.05, 3.63) is 72.1 Å². The number of amides is 1. The molecule has 1 fully saturated rings. The van der Waals surface area contributed by atoms with E-state index in [-0.39, 0.29) is 11.7 Å². The van der Waals surface area contributed by atoms with Crippen LogP contribution in [-0.4, -0.2) is 48.0 Å². The molecule has 0 bridgehead atoms. The Morgan fingerprint density at radius 1 is 1.21 bits per heavy atom. The Morgan fingerprint density at radius 2 is 2.06 bits per heavy atom. The number of rotatable bonds is 8. The van der Waals surface area contributed by atoms with Crippen LogP contribution in [0.1, 0.15) is 28.9 Å². The van der Waals surface area contributed by atoms with Gasteiger partial charge in [0.15, 0.2) is 17.8 Å². The maximum Gasteiger partial charge on any atom is 0.276 e. The van der Waals surface area contributed by atoms with Gasteiger partial charge in [-0.15, -0.1) is 0 Å². The van der Waals surface area contributed by atoms with Crippen molar-refractivity contribution in [1.29, 1.82) is 0 Å². The number of oxazole rings is 1. The first-order valence-corrected chi connectivity index (χ1v) is 11.3. The number of fused-ring (bicyclic) bond motifs is 1. The van der Waals surface area contributed by atoms with E-state index >= 15 is 0 Å². The number of nitrogens with zero attached hydrogens (tertiary/aromatic N) is 3. The van der Waals surface area contributed by atoms with Gasteiger partial charge < -0.3 is 19.2 Å². The van der Waals surface area contributed by atoms with Crippen molar-refractivity contribution in [2.75, 3.05) is 32.1 Å².